The van der Waals surface area contributed by atoms with Crippen molar-refractivity contribution in [2.24, 2.45) is 11.8 Å². The number of rotatable bonds is 8. The zero-order valence-corrected chi connectivity index (χ0v) is 23.9. The summed E-state index contributed by atoms with van der Waals surface area (Å²) in [6.45, 7) is 9.85. The van der Waals surface area contributed by atoms with Gasteiger partial charge < -0.3 is 0 Å². The summed E-state index contributed by atoms with van der Waals surface area (Å²) in [5.74, 6) is -0.144. The number of Topliss-reactive ketones (excluding diaryl/α,β-unsaturated/α-hetero) is 1. The molecule has 3 unspecified atom stereocenters. The molecule has 1 aliphatic carbocycles. The Kier molecular flexibility index (Phi) is 14.6. The molecule has 228 valence electrons. The molecular formula is C29H38F6N4OS. The van der Waals surface area contributed by atoms with E-state index < -0.39 is 24.1 Å². The monoisotopic (exact) mass is 604 g/mol. The van der Waals surface area contributed by atoms with Gasteiger partial charge in [0, 0.05) is 28.3 Å². The number of thioether (sulfide) groups is 1. The quantitative estimate of drug-likeness (QED) is 0.240. The SMILES string of the molecule is C.CC.CC(=O)Cc1cn(-c2cnc(C(F)(F)F)nc2)nc1C(F)F.CCC(C)C1CCC1Sc1ccc(F)cc1. The first-order chi connectivity index (χ1) is 18.9. The Hall–Kier alpha value is -2.89. The van der Waals surface area contributed by atoms with E-state index in [9.17, 15) is 31.1 Å². The maximum Gasteiger partial charge on any atom is 0.451 e. The van der Waals surface area contributed by atoms with E-state index in [2.05, 4.69) is 28.9 Å². The number of carbonyl (C=O) groups excluding carboxylic acids is 1. The summed E-state index contributed by atoms with van der Waals surface area (Å²) >= 11 is 1.92. The van der Waals surface area contributed by atoms with Gasteiger partial charge in [-0.3, -0.25) is 4.79 Å². The van der Waals surface area contributed by atoms with Crippen LogP contribution in [0.3, 0.4) is 0 Å². The van der Waals surface area contributed by atoms with Crippen LogP contribution in [0.5, 0.6) is 0 Å². The van der Waals surface area contributed by atoms with Gasteiger partial charge in [0.2, 0.25) is 5.82 Å². The van der Waals surface area contributed by atoms with Crippen molar-refractivity contribution in [3.8, 4) is 5.69 Å². The first kappa shape index (κ1) is 36.1. The topological polar surface area (TPSA) is 60.7 Å². The lowest BCUT2D eigenvalue weighted by molar-refractivity contribution is -0.145. The predicted octanol–water partition coefficient (Wildman–Crippen LogP) is 9.15. The molecule has 0 aliphatic heterocycles. The highest BCUT2D eigenvalue weighted by atomic mass is 32.2. The summed E-state index contributed by atoms with van der Waals surface area (Å²) in [7, 11) is 0. The standard InChI is InChI=1S/C14H19FS.C12H9F5N4O.C2H6.CH4/c1-3-10(2)13-8-9-14(13)16-12-6-4-11(15)5-7-12;1-6(22)2-7-5-21(20-9(7)10(13)14)8-3-18-11(19-4-8)12(15,16)17;1-2;/h4-7,10,13-14H,3,8-9H2,1-2H3;3-5,10H,2H2,1H3;1-2H3;1H4. The van der Waals surface area contributed by atoms with Crippen molar-refractivity contribution in [3.63, 3.8) is 0 Å². The second-order valence-corrected chi connectivity index (χ2v) is 10.5. The number of ketones is 1. The van der Waals surface area contributed by atoms with Gasteiger partial charge in [0.15, 0.2) is 0 Å². The summed E-state index contributed by atoms with van der Waals surface area (Å²) in [5.41, 5.74) is -0.623. The Morgan fingerprint density at radius 1 is 1.10 bits per heavy atom. The summed E-state index contributed by atoms with van der Waals surface area (Å²) in [5, 5.41) is 4.33. The minimum Gasteiger partial charge on any atom is -0.300 e. The van der Waals surface area contributed by atoms with Crippen LogP contribution in [0.15, 0.2) is 47.8 Å². The highest BCUT2D eigenvalue weighted by Gasteiger charge is 2.35. The molecule has 0 spiro atoms. The van der Waals surface area contributed by atoms with E-state index in [0.29, 0.717) is 0 Å². The van der Waals surface area contributed by atoms with Crippen LogP contribution in [0.25, 0.3) is 5.69 Å². The number of hydrogen-bond donors (Lipinski definition) is 0. The van der Waals surface area contributed by atoms with Gasteiger partial charge >= 0.3 is 6.18 Å². The lowest BCUT2D eigenvalue weighted by Crippen LogP contribution is -2.33. The Bertz CT molecular complexity index is 1200. The number of hydrogen-bond acceptors (Lipinski definition) is 5. The van der Waals surface area contributed by atoms with Crippen LogP contribution in [0.1, 0.15) is 84.8 Å². The molecule has 3 aromatic rings. The fraction of sp³-hybridized carbons (Fsp3) is 0.517. The van der Waals surface area contributed by atoms with Crippen LogP contribution in [0.2, 0.25) is 0 Å². The third kappa shape index (κ3) is 10.5. The first-order valence-electron chi connectivity index (χ1n) is 13.1. The number of aromatic nitrogens is 4. The fourth-order valence-corrected chi connectivity index (χ4v) is 5.49. The summed E-state index contributed by atoms with van der Waals surface area (Å²) in [4.78, 5) is 18.5. The van der Waals surface area contributed by atoms with Crippen molar-refractivity contribution in [3.05, 3.63) is 65.8 Å². The molecule has 0 bridgehead atoms. The maximum absolute atomic E-state index is 12.9. The van der Waals surface area contributed by atoms with Crippen molar-refractivity contribution < 1.29 is 31.1 Å². The van der Waals surface area contributed by atoms with E-state index in [0.717, 1.165) is 40.4 Å². The van der Waals surface area contributed by atoms with E-state index in [-0.39, 0.29) is 36.7 Å². The van der Waals surface area contributed by atoms with Gasteiger partial charge in [0.25, 0.3) is 6.43 Å². The van der Waals surface area contributed by atoms with E-state index in [4.69, 9.17) is 0 Å². The molecule has 5 nitrogen and oxygen atoms in total. The average molecular weight is 605 g/mol. The Balaban J connectivity index is 0.000000393. The summed E-state index contributed by atoms with van der Waals surface area (Å²) in [6.07, 6.45) is -1.13. The fourth-order valence-electron chi connectivity index (χ4n) is 4.01. The van der Waals surface area contributed by atoms with Crippen LogP contribution in [-0.4, -0.2) is 30.8 Å². The van der Waals surface area contributed by atoms with E-state index in [1.165, 1.54) is 31.1 Å². The number of halogens is 6. The van der Waals surface area contributed by atoms with Crippen molar-refractivity contribution in [1.29, 1.82) is 0 Å². The lowest BCUT2D eigenvalue weighted by Gasteiger charge is -2.40. The molecular weight excluding hydrogens is 566 g/mol. The molecule has 1 saturated carbocycles. The van der Waals surface area contributed by atoms with E-state index in [1.54, 1.807) is 12.1 Å². The van der Waals surface area contributed by atoms with Crippen molar-refractivity contribution in [1.82, 2.24) is 19.7 Å². The predicted molar refractivity (Wildman–Crippen MR) is 150 cm³/mol. The molecule has 1 fully saturated rings. The van der Waals surface area contributed by atoms with Gasteiger partial charge in [0.1, 0.15) is 23.0 Å². The molecule has 2 aromatic heterocycles. The maximum atomic E-state index is 12.9. The highest BCUT2D eigenvalue weighted by molar-refractivity contribution is 8.00. The van der Waals surface area contributed by atoms with Crippen LogP contribution in [-0.2, 0) is 17.4 Å². The Morgan fingerprint density at radius 3 is 2.12 bits per heavy atom. The number of benzene rings is 1. The van der Waals surface area contributed by atoms with Gasteiger partial charge in [0.05, 0.1) is 12.4 Å². The lowest BCUT2D eigenvalue weighted by atomic mass is 9.75. The van der Waals surface area contributed by atoms with Crippen molar-refractivity contribution in [2.75, 3.05) is 0 Å². The van der Waals surface area contributed by atoms with Crippen molar-refractivity contribution in [2.45, 2.75) is 90.5 Å². The molecule has 4 rings (SSSR count). The zero-order valence-electron chi connectivity index (χ0n) is 23.1. The number of alkyl halides is 5. The zero-order chi connectivity index (χ0) is 30.0. The Labute approximate surface area is 242 Å². The van der Waals surface area contributed by atoms with E-state index >= 15 is 0 Å². The number of nitrogens with zero attached hydrogens (tertiary/aromatic N) is 4. The minimum atomic E-state index is -4.70. The molecule has 0 radical (unpaired) electrons. The van der Waals surface area contributed by atoms with Gasteiger partial charge in [-0.2, -0.15) is 18.3 Å². The van der Waals surface area contributed by atoms with Crippen LogP contribution < -0.4 is 0 Å². The van der Waals surface area contributed by atoms with E-state index in [1.807, 2.05) is 37.7 Å². The van der Waals surface area contributed by atoms with Crippen LogP contribution in [0, 0.1) is 17.7 Å². The number of carbonyl (C=O) groups is 1. The molecule has 1 aliphatic rings. The van der Waals surface area contributed by atoms with Gasteiger partial charge in [-0.25, -0.2) is 27.8 Å². The molecule has 0 N–H and O–H groups in total. The highest BCUT2D eigenvalue weighted by Crippen LogP contribution is 2.45. The third-order valence-electron chi connectivity index (χ3n) is 6.36. The summed E-state index contributed by atoms with van der Waals surface area (Å²) in [6, 6.07) is 6.90. The molecule has 2 heterocycles. The van der Waals surface area contributed by atoms with Gasteiger partial charge in [-0.1, -0.05) is 41.5 Å². The normalized spacial score (nSPS) is 16.8. The molecule has 0 saturated heterocycles. The van der Waals surface area contributed by atoms with Crippen molar-refractivity contribution >= 4 is 17.5 Å². The molecule has 12 heteroatoms. The minimum absolute atomic E-state index is 0. The average Bonchev–Trinajstić information content (AvgIpc) is 3.32. The second-order valence-electron chi connectivity index (χ2n) is 9.16. The first-order valence-corrected chi connectivity index (χ1v) is 13.9. The van der Waals surface area contributed by atoms with Crippen LogP contribution >= 0.6 is 11.8 Å². The smallest absolute Gasteiger partial charge is 0.300 e. The molecule has 0 amide bonds. The van der Waals surface area contributed by atoms with Gasteiger partial charge in [-0.15, -0.1) is 11.8 Å². The van der Waals surface area contributed by atoms with Crippen LogP contribution in [0.4, 0.5) is 26.3 Å². The Morgan fingerprint density at radius 2 is 1.68 bits per heavy atom. The molecule has 1 aromatic carbocycles. The second kappa shape index (κ2) is 16.5. The summed E-state index contributed by atoms with van der Waals surface area (Å²) < 4.78 is 76.5. The molecule has 3 atom stereocenters. The molecule has 41 heavy (non-hydrogen) atoms. The van der Waals surface area contributed by atoms with Gasteiger partial charge in [-0.05, 0) is 55.9 Å². The largest absolute Gasteiger partial charge is 0.451 e. The third-order valence-corrected chi connectivity index (χ3v) is 7.80.